The zero-order valence-corrected chi connectivity index (χ0v) is 16.1. The summed E-state index contributed by atoms with van der Waals surface area (Å²) in [5, 5.41) is 11.6. The first kappa shape index (κ1) is 17.3. The number of hydrogen-bond acceptors (Lipinski definition) is 6. The van der Waals surface area contributed by atoms with Crippen LogP contribution in [0.5, 0.6) is 5.75 Å². The normalized spacial score (nSPS) is 13.7. The number of carbonyl (C=O) groups is 1. The summed E-state index contributed by atoms with van der Waals surface area (Å²) in [4.78, 5) is 13.6. The smallest absolute Gasteiger partial charge is 0.192 e. The second kappa shape index (κ2) is 7.63. The zero-order chi connectivity index (χ0) is 17.9. The maximum absolute atomic E-state index is 12.5. The summed E-state index contributed by atoms with van der Waals surface area (Å²) in [5.74, 6) is 2.13. The molecular weight excluding hydrogens is 366 g/mol. The molecule has 1 aromatic carbocycles. The first-order valence-corrected chi connectivity index (χ1v) is 10.5. The Morgan fingerprint density at radius 1 is 1.27 bits per heavy atom. The van der Waals surface area contributed by atoms with Gasteiger partial charge in [-0.1, -0.05) is 17.8 Å². The molecule has 2 heterocycles. The van der Waals surface area contributed by atoms with Gasteiger partial charge >= 0.3 is 0 Å². The lowest BCUT2D eigenvalue weighted by Gasteiger charge is -2.08. The van der Waals surface area contributed by atoms with Gasteiger partial charge in [0.25, 0.3) is 0 Å². The molecule has 0 radical (unpaired) electrons. The third kappa shape index (κ3) is 3.68. The summed E-state index contributed by atoms with van der Waals surface area (Å²) >= 11 is 3.13. The van der Waals surface area contributed by atoms with Crippen LogP contribution in [-0.4, -0.2) is 32.9 Å². The van der Waals surface area contributed by atoms with E-state index in [9.17, 15) is 4.79 Å². The first-order valence-electron chi connectivity index (χ1n) is 8.64. The van der Waals surface area contributed by atoms with E-state index < -0.39 is 0 Å². The molecule has 3 aromatic rings. The minimum Gasteiger partial charge on any atom is -0.494 e. The predicted molar refractivity (Wildman–Crippen MR) is 104 cm³/mol. The van der Waals surface area contributed by atoms with E-state index in [-0.39, 0.29) is 5.78 Å². The standard InChI is InChI=1S/C19H19N3O2S2/c1-2-24-15-9-5-13(6-10-15)16(23)12-26-19-21-20-18(17-4-3-11-25-17)22(19)14-7-8-14/h3-6,9-11,14H,2,7-8,12H2,1H3. The van der Waals surface area contributed by atoms with Gasteiger partial charge in [-0.25, -0.2) is 0 Å². The SMILES string of the molecule is CCOc1ccc(C(=O)CSc2nnc(-c3cccs3)n2C2CC2)cc1. The molecule has 0 bridgehead atoms. The number of rotatable bonds is 8. The molecule has 0 N–H and O–H groups in total. The molecule has 0 amide bonds. The van der Waals surface area contributed by atoms with Gasteiger partial charge in [0, 0.05) is 11.6 Å². The van der Waals surface area contributed by atoms with E-state index >= 15 is 0 Å². The van der Waals surface area contributed by atoms with E-state index in [2.05, 4.69) is 20.8 Å². The number of ketones is 1. The van der Waals surface area contributed by atoms with Gasteiger partial charge in [-0.05, 0) is 55.5 Å². The van der Waals surface area contributed by atoms with E-state index in [4.69, 9.17) is 4.74 Å². The molecule has 134 valence electrons. The van der Waals surface area contributed by atoms with Crippen molar-refractivity contribution in [2.24, 2.45) is 0 Å². The second-order valence-electron chi connectivity index (χ2n) is 6.05. The highest BCUT2D eigenvalue weighted by atomic mass is 32.2. The predicted octanol–water partition coefficient (Wildman–Crippen LogP) is 4.72. The zero-order valence-electron chi connectivity index (χ0n) is 14.4. The van der Waals surface area contributed by atoms with Gasteiger partial charge < -0.3 is 4.74 Å². The first-order chi connectivity index (χ1) is 12.8. The van der Waals surface area contributed by atoms with Crippen LogP contribution in [0.15, 0.2) is 46.9 Å². The van der Waals surface area contributed by atoms with Crippen molar-refractivity contribution in [3.05, 3.63) is 47.3 Å². The van der Waals surface area contributed by atoms with Gasteiger partial charge in [0.15, 0.2) is 16.8 Å². The quantitative estimate of drug-likeness (QED) is 0.415. The van der Waals surface area contributed by atoms with Gasteiger partial charge in [-0.2, -0.15) is 0 Å². The van der Waals surface area contributed by atoms with Crippen molar-refractivity contribution >= 4 is 28.9 Å². The molecule has 0 spiro atoms. The van der Waals surface area contributed by atoms with Crippen LogP contribution in [0.4, 0.5) is 0 Å². The van der Waals surface area contributed by atoms with E-state index in [1.807, 2.05) is 42.6 Å². The van der Waals surface area contributed by atoms with Crippen LogP contribution >= 0.6 is 23.1 Å². The molecule has 1 aliphatic rings. The maximum atomic E-state index is 12.5. The van der Waals surface area contributed by atoms with Crippen molar-refractivity contribution in [3.8, 4) is 16.5 Å². The van der Waals surface area contributed by atoms with Crippen LogP contribution in [0.25, 0.3) is 10.7 Å². The fourth-order valence-electron chi connectivity index (χ4n) is 2.73. The Kier molecular flexibility index (Phi) is 5.08. The van der Waals surface area contributed by atoms with Gasteiger partial charge in [-0.15, -0.1) is 21.5 Å². The largest absolute Gasteiger partial charge is 0.494 e. The van der Waals surface area contributed by atoms with Crippen LogP contribution in [0.3, 0.4) is 0 Å². The lowest BCUT2D eigenvalue weighted by molar-refractivity contribution is 0.102. The molecule has 0 saturated heterocycles. The Bertz CT molecular complexity index is 884. The minimum absolute atomic E-state index is 0.0843. The Labute approximate surface area is 160 Å². The number of hydrogen-bond donors (Lipinski definition) is 0. The van der Waals surface area contributed by atoms with Crippen molar-refractivity contribution < 1.29 is 9.53 Å². The summed E-state index contributed by atoms with van der Waals surface area (Å²) in [6, 6.07) is 11.9. The number of Topliss-reactive ketones (excluding diaryl/α,β-unsaturated/α-hetero) is 1. The Balaban J connectivity index is 1.47. The fourth-order valence-corrected chi connectivity index (χ4v) is 4.33. The topological polar surface area (TPSA) is 57.0 Å². The number of ether oxygens (including phenoxy) is 1. The van der Waals surface area contributed by atoms with Crippen molar-refractivity contribution in [1.29, 1.82) is 0 Å². The third-order valence-corrected chi connectivity index (χ3v) is 5.95. The molecular formula is C19H19N3O2S2. The van der Waals surface area contributed by atoms with Crippen LogP contribution < -0.4 is 4.74 Å². The molecule has 1 fully saturated rings. The average molecular weight is 386 g/mol. The highest BCUT2D eigenvalue weighted by molar-refractivity contribution is 7.99. The van der Waals surface area contributed by atoms with Crippen molar-refractivity contribution in [3.63, 3.8) is 0 Å². The molecule has 5 nitrogen and oxygen atoms in total. The molecule has 26 heavy (non-hydrogen) atoms. The Morgan fingerprint density at radius 3 is 2.73 bits per heavy atom. The number of thioether (sulfide) groups is 1. The van der Waals surface area contributed by atoms with E-state index in [0.717, 1.165) is 34.4 Å². The molecule has 0 atom stereocenters. The summed E-state index contributed by atoms with van der Waals surface area (Å²) in [5.41, 5.74) is 0.692. The van der Waals surface area contributed by atoms with Crippen LogP contribution in [0, 0.1) is 0 Å². The molecule has 1 aliphatic carbocycles. The highest BCUT2D eigenvalue weighted by Crippen LogP contribution is 2.41. The summed E-state index contributed by atoms with van der Waals surface area (Å²) in [7, 11) is 0. The second-order valence-corrected chi connectivity index (χ2v) is 7.94. The summed E-state index contributed by atoms with van der Waals surface area (Å²) < 4.78 is 7.62. The lowest BCUT2D eigenvalue weighted by atomic mass is 10.1. The highest BCUT2D eigenvalue weighted by Gasteiger charge is 2.30. The van der Waals surface area contributed by atoms with Crippen molar-refractivity contribution in [1.82, 2.24) is 14.8 Å². The Morgan fingerprint density at radius 2 is 2.08 bits per heavy atom. The van der Waals surface area contributed by atoms with Gasteiger partial charge in [0.2, 0.25) is 0 Å². The van der Waals surface area contributed by atoms with E-state index in [0.29, 0.717) is 24.0 Å². The number of thiophene rings is 1. The molecule has 0 unspecified atom stereocenters. The minimum atomic E-state index is 0.0843. The van der Waals surface area contributed by atoms with Crippen LogP contribution in [0.2, 0.25) is 0 Å². The number of nitrogens with zero attached hydrogens (tertiary/aromatic N) is 3. The summed E-state index contributed by atoms with van der Waals surface area (Å²) in [6.07, 6.45) is 2.30. The maximum Gasteiger partial charge on any atom is 0.192 e. The van der Waals surface area contributed by atoms with Crippen molar-refractivity contribution in [2.45, 2.75) is 31.0 Å². The van der Waals surface area contributed by atoms with Crippen LogP contribution in [-0.2, 0) is 0 Å². The van der Waals surface area contributed by atoms with Gasteiger partial charge in [-0.3, -0.25) is 9.36 Å². The monoisotopic (exact) mass is 385 g/mol. The number of carbonyl (C=O) groups excluding carboxylic acids is 1. The Hall–Kier alpha value is -2.12. The summed E-state index contributed by atoms with van der Waals surface area (Å²) in [6.45, 7) is 2.56. The van der Waals surface area contributed by atoms with E-state index in [1.165, 1.54) is 11.8 Å². The lowest BCUT2D eigenvalue weighted by Crippen LogP contribution is -2.05. The molecule has 0 aliphatic heterocycles. The number of aromatic nitrogens is 3. The molecule has 4 rings (SSSR count). The van der Waals surface area contributed by atoms with Gasteiger partial charge in [0.05, 0.1) is 17.2 Å². The third-order valence-electron chi connectivity index (χ3n) is 4.14. The molecule has 2 aromatic heterocycles. The number of benzene rings is 1. The average Bonchev–Trinajstić information content (AvgIpc) is 3.18. The molecule has 7 heteroatoms. The van der Waals surface area contributed by atoms with Gasteiger partial charge in [0.1, 0.15) is 5.75 Å². The fraction of sp³-hybridized carbons (Fsp3) is 0.316. The van der Waals surface area contributed by atoms with Crippen LogP contribution in [0.1, 0.15) is 36.2 Å². The van der Waals surface area contributed by atoms with Crippen molar-refractivity contribution in [2.75, 3.05) is 12.4 Å². The van der Waals surface area contributed by atoms with E-state index in [1.54, 1.807) is 11.3 Å². The molecule has 1 saturated carbocycles.